The lowest BCUT2D eigenvalue weighted by Gasteiger charge is -2.19. The summed E-state index contributed by atoms with van der Waals surface area (Å²) in [4.78, 5) is 3.36. The first-order chi connectivity index (χ1) is 9.93. The van der Waals surface area contributed by atoms with Gasteiger partial charge in [-0.2, -0.15) is 10.5 Å². The molecule has 1 saturated heterocycles. The molecule has 3 aliphatic rings. The third-order valence-electron chi connectivity index (χ3n) is 4.27. The number of hydrogen-bond acceptors (Lipinski definition) is 1. The van der Waals surface area contributed by atoms with Crippen molar-refractivity contribution in [3.05, 3.63) is 46.4 Å². The number of fused-ring (bicyclic) bond motifs is 3. The predicted molar refractivity (Wildman–Crippen MR) is 90.6 cm³/mol. The van der Waals surface area contributed by atoms with Crippen LogP contribution in [0, 0.1) is 0 Å². The van der Waals surface area contributed by atoms with E-state index in [1.807, 2.05) is 0 Å². The molecule has 1 atom stereocenters. The Labute approximate surface area is 122 Å². The van der Waals surface area contributed by atoms with E-state index in [9.17, 15) is 0 Å². The van der Waals surface area contributed by atoms with Gasteiger partial charge in [-0.15, -0.1) is 0 Å². The van der Waals surface area contributed by atoms with Gasteiger partial charge in [-0.25, -0.2) is 0 Å². The predicted octanol–water partition coefficient (Wildman–Crippen LogP) is 2.03. The largest absolute Gasteiger partial charge is 0.316 e. The molecule has 0 radical (unpaired) electrons. The molecule has 0 aromatic heterocycles. The van der Waals surface area contributed by atoms with Crippen LogP contribution in [0.3, 0.4) is 0 Å². The molecule has 2 aliphatic heterocycles. The van der Waals surface area contributed by atoms with Crippen molar-refractivity contribution < 1.29 is 0 Å². The molecular weight excluding hydrogens is 262 g/mol. The third-order valence-corrected chi connectivity index (χ3v) is 6.76. The summed E-state index contributed by atoms with van der Waals surface area (Å²) in [5.74, 6) is 1.22. The fourth-order valence-electron chi connectivity index (χ4n) is 3.25. The lowest BCUT2D eigenvalue weighted by molar-refractivity contribution is 0.678. The molecule has 2 heterocycles. The number of hydrogen-bond donors (Lipinski definition) is 1. The van der Waals surface area contributed by atoms with E-state index in [4.69, 9.17) is 0 Å². The molecule has 0 spiro atoms. The highest BCUT2D eigenvalue weighted by Gasteiger charge is 2.16. The van der Waals surface area contributed by atoms with Gasteiger partial charge in [0.1, 0.15) is 0 Å². The summed E-state index contributed by atoms with van der Waals surface area (Å²) in [6.07, 6.45) is 15.9. The Balaban J connectivity index is 1.92. The molecule has 1 aliphatic carbocycles. The molecular formula is C18H19NS. The summed E-state index contributed by atoms with van der Waals surface area (Å²) in [7, 11) is 0.361. The van der Waals surface area contributed by atoms with Crippen LogP contribution in [0.15, 0.2) is 35.3 Å². The first kappa shape index (κ1) is 12.4. The minimum Gasteiger partial charge on any atom is -0.316 e. The van der Waals surface area contributed by atoms with E-state index < -0.39 is 0 Å². The van der Waals surface area contributed by atoms with Gasteiger partial charge >= 0.3 is 0 Å². The van der Waals surface area contributed by atoms with E-state index in [2.05, 4.69) is 53.9 Å². The van der Waals surface area contributed by atoms with Crippen LogP contribution in [0.5, 0.6) is 0 Å². The molecule has 20 heavy (non-hydrogen) atoms. The molecule has 1 aromatic carbocycles. The van der Waals surface area contributed by atoms with Crippen LogP contribution < -0.4 is 15.8 Å². The number of nitrogens with one attached hydrogen (secondary N) is 1. The fraction of sp³-hybridized carbons (Fsp3) is 0.278. The van der Waals surface area contributed by atoms with Crippen LogP contribution in [-0.2, 0) is 0 Å². The SMILES string of the molecule is C1=CC=c2c(ccc3c2=CCS3=C2CCNCC2)C=C1. The molecule has 102 valence electrons. The average molecular weight is 281 g/mol. The molecule has 0 amide bonds. The van der Waals surface area contributed by atoms with Crippen molar-refractivity contribution in [2.75, 3.05) is 18.8 Å². The van der Waals surface area contributed by atoms with Gasteiger partial charge in [0.2, 0.25) is 0 Å². The Morgan fingerprint density at radius 3 is 2.75 bits per heavy atom. The summed E-state index contributed by atoms with van der Waals surface area (Å²) in [5.41, 5.74) is 1.35. The number of benzene rings is 1. The van der Waals surface area contributed by atoms with Gasteiger partial charge in [0.15, 0.2) is 0 Å². The Bertz CT molecular complexity index is 757. The maximum atomic E-state index is 3.47. The van der Waals surface area contributed by atoms with Crippen molar-refractivity contribution in [3.8, 4) is 0 Å². The number of rotatable bonds is 0. The van der Waals surface area contributed by atoms with E-state index in [-0.39, 0.29) is 0 Å². The van der Waals surface area contributed by atoms with Gasteiger partial charge in [0.25, 0.3) is 0 Å². The smallest absolute Gasteiger partial charge is 0.0116 e. The molecule has 1 nitrogen and oxygen atoms in total. The average Bonchev–Trinajstić information content (AvgIpc) is 2.78. The third kappa shape index (κ3) is 2.04. The van der Waals surface area contributed by atoms with Gasteiger partial charge in [-0.05, 0) is 52.9 Å². The summed E-state index contributed by atoms with van der Waals surface area (Å²) in [5, 5.41) is 6.38. The summed E-state index contributed by atoms with van der Waals surface area (Å²) < 4.78 is 0. The molecule has 1 fully saturated rings. The fourth-order valence-corrected chi connectivity index (χ4v) is 5.69. The van der Waals surface area contributed by atoms with Crippen molar-refractivity contribution >= 4 is 33.6 Å². The highest BCUT2D eigenvalue weighted by atomic mass is 32.2. The molecule has 0 bridgehead atoms. The van der Waals surface area contributed by atoms with Gasteiger partial charge < -0.3 is 5.32 Å². The first-order valence-electron chi connectivity index (χ1n) is 7.38. The van der Waals surface area contributed by atoms with Crippen molar-refractivity contribution in [2.45, 2.75) is 17.7 Å². The zero-order valence-corrected chi connectivity index (χ0v) is 12.4. The van der Waals surface area contributed by atoms with Crippen LogP contribution >= 0.6 is 10.5 Å². The monoisotopic (exact) mass is 281 g/mol. The first-order valence-corrected chi connectivity index (χ1v) is 8.77. The molecule has 0 saturated carbocycles. The van der Waals surface area contributed by atoms with E-state index in [0.29, 0.717) is 10.5 Å². The van der Waals surface area contributed by atoms with Gasteiger partial charge in [-0.3, -0.25) is 0 Å². The second kappa shape index (κ2) is 5.19. The normalized spacial score (nSPS) is 23.6. The lowest BCUT2D eigenvalue weighted by Crippen LogP contribution is -2.29. The van der Waals surface area contributed by atoms with Crippen molar-refractivity contribution in [3.63, 3.8) is 0 Å². The maximum Gasteiger partial charge on any atom is 0.0116 e. The van der Waals surface area contributed by atoms with Gasteiger partial charge in [-0.1, -0.05) is 42.5 Å². The highest BCUT2D eigenvalue weighted by molar-refractivity contribution is 8.16. The van der Waals surface area contributed by atoms with Crippen molar-refractivity contribution in [2.24, 2.45) is 0 Å². The maximum absolute atomic E-state index is 3.47. The molecule has 1 N–H and O–H groups in total. The number of piperidine rings is 1. The number of allylic oxidation sites excluding steroid dienone is 3. The van der Waals surface area contributed by atoms with Crippen LogP contribution in [-0.4, -0.2) is 23.7 Å². The Morgan fingerprint density at radius 2 is 1.85 bits per heavy atom. The standard InChI is InChI=1S/C18H19NS/c1-2-4-14-6-7-18-17(16(14)5-3-1)10-13-20(18)15-8-11-19-12-9-15/h1-7,10,19H,8-9,11-13H2. The second-order valence-electron chi connectivity index (χ2n) is 5.44. The molecule has 1 unspecified atom stereocenters. The van der Waals surface area contributed by atoms with Gasteiger partial charge in [0, 0.05) is 10.6 Å². The van der Waals surface area contributed by atoms with E-state index in [1.54, 1.807) is 9.76 Å². The topological polar surface area (TPSA) is 12.0 Å². The minimum atomic E-state index is 0.361. The van der Waals surface area contributed by atoms with Crippen LogP contribution in [0.1, 0.15) is 18.4 Å². The van der Waals surface area contributed by atoms with Crippen LogP contribution in [0.2, 0.25) is 0 Å². The minimum absolute atomic E-state index is 0.361. The van der Waals surface area contributed by atoms with E-state index in [1.165, 1.54) is 34.6 Å². The summed E-state index contributed by atoms with van der Waals surface area (Å²) >= 11 is 0. The van der Waals surface area contributed by atoms with E-state index in [0.717, 1.165) is 13.1 Å². The molecule has 1 aromatic rings. The highest BCUT2D eigenvalue weighted by Crippen LogP contribution is 2.31. The lowest BCUT2D eigenvalue weighted by atomic mass is 10.1. The molecule has 2 heteroatoms. The Morgan fingerprint density at radius 1 is 0.950 bits per heavy atom. The van der Waals surface area contributed by atoms with Crippen molar-refractivity contribution in [1.82, 2.24) is 5.32 Å². The van der Waals surface area contributed by atoms with Gasteiger partial charge in [0.05, 0.1) is 0 Å². The van der Waals surface area contributed by atoms with Crippen LogP contribution in [0.4, 0.5) is 0 Å². The summed E-state index contributed by atoms with van der Waals surface area (Å²) in [6, 6.07) is 4.67. The second-order valence-corrected chi connectivity index (χ2v) is 7.57. The zero-order chi connectivity index (χ0) is 13.4. The quantitative estimate of drug-likeness (QED) is 0.718. The molecule has 4 rings (SSSR count). The summed E-state index contributed by atoms with van der Waals surface area (Å²) in [6.45, 7) is 2.33. The van der Waals surface area contributed by atoms with E-state index >= 15 is 0 Å². The Hall–Kier alpha value is -1.38. The Kier molecular flexibility index (Phi) is 3.21. The van der Waals surface area contributed by atoms with Crippen molar-refractivity contribution in [1.29, 1.82) is 0 Å². The van der Waals surface area contributed by atoms with Crippen LogP contribution in [0.25, 0.3) is 18.2 Å². The zero-order valence-electron chi connectivity index (χ0n) is 11.6.